The number of aryl methyl sites for hydroxylation is 2. The summed E-state index contributed by atoms with van der Waals surface area (Å²) in [4.78, 5) is 15.0. The molecule has 1 aliphatic rings. The Kier molecular flexibility index (Phi) is 5.49. The third-order valence-corrected chi connectivity index (χ3v) is 5.92. The van der Waals surface area contributed by atoms with Crippen LogP contribution < -0.4 is 5.32 Å². The fraction of sp³-hybridized carbons (Fsp3) is 0.375. The summed E-state index contributed by atoms with van der Waals surface area (Å²) in [5.74, 6) is 0.333. The van der Waals surface area contributed by atoms with E-state index in [9.17, 15) is 4.79 Å². The van der Waals surface area contributed by atoms with Crippen LogP contribution in [0.1, 0.15) is 29.5 Å². The van der Waals surface area contributed by atoms with Crippen molar-refractivity contribution in [3.8, 4) is 0 Å². The van der Waals surface area contributed by atoms with Crippen LogP contribution >= 0.6 is 0 Å². The molecule has 0 unspecified atom stereocenters. The molecule has 0 aliphatic carbocycles. The molecule has 2 aromatic carbocycles. The average molecular weight is 376 g/mol. The third-order valence-electron chi connectivity index (χ3n) is 5.92. The van der Waals surface area contributed by atoms with E-state index < -0.39 is 0 Å². The van der Waals surface area contributed by atoms with Crippen molar-refractivity contribution < 1.29 is 4.79 Å². The van der Waals surface area contributed by atoms with Crippen molar-refractivity contribution in [1.29, 1.82) is 0 Å². The summed E-state index contributed by atoms with van der Waals surface area (Å²) in [5, 5.41) is 4.46. The summed E-state index contributed by atoms with van der Waals surface area (Å²) in [7, 11) is 2.11. The summed E-state index contributed by atoms with van der Waals surface area (Å²) >= 11 is 0. The Bertz CT molecular complexity index is 950. The van der Waals surface area contributed by atoms with Crippen LogP contribution in [0.5, 0.6) is 0 Å². The van der Waals surface area contributed by atoms with Crippen molar-refractivity contribution >= 4 is 16.8 Å². The second kappa shape index (κ2) is 8.19. The summed E-state index contributed by atoms with van der Waals surface area (Å²) in [6.07, 6.45) is 4.11. The first-order valence-electron chi connectivity index (χ1n) is 10.2. The molecule has 146 valence electrons. The zero-order valence-electron chi connectivity index (χ0n) is 16.8. The smallest absolute Gasteiger partial charge is 0.223 e. The van der Waals surface area contributed by atoms with Gasteiger partial charge in [0.1, 0.15) is 0 Å². The molecule has 1 amide bonds. The average Bonchev–Trinajstić information content (AvgIpc) is 3.04. The maximum Gasteiger partial charge on any atom is 0.223 e. The minimum Gasteiger partial charge on any atom is -0.352 e. The lowest BCUT2D eigenvalue weighted by Crippen LogP contribution is -2.40. The number of likely N-dealkylation sites (tertiary alicyclic amines) is 1. The van der Waals surface area contributed by atoms with Crippen molar-refractivity contribution in [2.75, 3.05) is 13.1 Å². The van der Waals surface area contributed by atoms with E-state index in [-0.39, 0.29) is 11.8 Å². The molecule has 4 rings (SSSR count). The molecule has 0 saturated carbocycles. The van der Waals surface area contributed by atoms with Gasteiger partial charge in [-0.3, -0.25) is 9.69 Å². The Morgan fingerprint density at radius 1 is 1.07 bits per heavy atom. The summed E-state index contributed by atoms with van der Waals surface area (Å²) in [5.41, 5.74) is 5.06. The number of nitrogens with one attached hydrogen (secondary N) is 1. The monoisotopic (exact) mass is 375 g/mol. The Balaban J connectivity index is 1.29. The molecule has 1 aromatic heterocycles. The Morgan fingerprint density at radius 2 is 1.79 bits per heavy atom. The van der Waals surface area contributed by atoms with Gasteiger partial charge in [-0.25, -0.2) is 0 Å². The topological polar surface area (TPSA) is 37.3 Å². The van der Waals surface area contributed by atoms with Gasteiger partial charge in [-0.15, -0.1) is 0 Å². The van der Waals surface area contributed by atoms with Crippen molar-refractivity contribution in [1.82, 2.24) is 14.8 Å². The van der Waals surface area contributed by atoms with Crippen molar-refractivity contribution in [2.45, 2.75) is 32.9 Å². The minimum atomic E-state index is 0.134. The number of hydrogen-bond donors (Lipinski definition) is 1. The number of carbonyl (C=O) groups is 1. The largest absolute Gasteiger partial charge is 0.352 e. The highest BCUT2D eigenvalue weighted by molar-refractivity contribution is 5.83. The van der Waals surface area contributed by atoms with Crippen LogP contribution in [-0.4, -0.2) is 28.5 Å². The number of carbonyl (C=O) groups excluding carboxylic acids is 1. The predicted molar refractivity (Wildman–Crippen MR) is 114 cm³/mol. The lowest BCUT2D eigenvalue weighted by molar-refractivity contribution is -0.126. The van der Waals surface area contributed by atoms with E-state index in [1.54, 1.807) is 0 Å². The van der Waals surface area contributed by atoms with Gasteiger partial charge >= 0.3 is 0 Å². The van der Waals surface area contributed by atoms with Crippen LogP contribution in [0, 0.1) is 12.8 Å². The highest BCUT2D eigenvalue weighted by atomic mass is 16.1. The molecular weight excluding hydrogens is 346 g/mol. The SMILES string of the molecule is Cc1ccc(CNC(=O)C2CCN(Cc3cn(C)c4ccccc34)CC2)cc1. The van der Waals surface area contributed by atoms with Crippen LogP contribution in [-0.2, 0) is 24.9 Å². The van der Waals surface area contributed by atoms with Gasteiger partial charge in [-0.1, -0.05) is 48.0 Å². The van der Waals surface area contributed by atoms with Gasteiger partial charge in [0.05, 0.1) is 0 Å². The summed E-state index contributed by atoms with van der Waals surface area (Å²) in [6.45, 7) is 5.61. The van der Waals surface area contributed by atoms with Gasteiger partial charge in [0.25, 0.3) is 0 Å². The molecule has 0 atom stereocenters. The van der Waals surface area contributed by atoms with Gasteiger partial charge in [0.15, 0.2) is 0 Å². The Morgan fingerprint density at radius 3 is 2.54 bits per heavy atom. The summed E-state index contributed by atoms with van der Waals surface area (Å²) < 4.78 is 2.20. The highest BCUT2D eigenvalue weighted by Crippen LogP contribution is 2.24. The number of hydrogen-bond acceptors (Lipinski definition) is 2. The first kappa shape index (κ1) is 18.8. The van der Waals surface area contributed by atoms with Gasteiger partial charge in [0, 0.05) is 43.2 Å². The minimum absolute atomic E-state index is 0.134. The first-order valence-corrected chi connectivity index (χ1v) is 10.2. The molecule has 4 heteroatoms. The van der Waals surface area contributed by atoms with E-state index in [4.69, 9.17) is 0 Å². The lowest BCUT2D eigenvalue weighted by Gasteiger charge is -2.31. The second-order valence-electron chi connectivity index (χ2n) is 8.04. The van der Waals surface area contributed by atoms with Gasteiger partial charge in [-0.05, 0) is 50.0 Å². The molecule has 0 spiro atoms. The standard InChI is InChI=1S/C24H29N3O/c1-18-7-9-19(10-8-18)15-25-24(28)20-11-13-27(14-12-20)17-21-16-26(2)23-6-4-3-5-22(21)23/h3-10,16,20H,11-15,17H2,1-2H3,(H,25,28). The number of benzene rings is 2. The molecule has 1 aliphatic heterocycles. The highest BCUT2D eigenvalue weighted by Gasteiger charge is 2.25. The summed E-state index contributed by atoms with van der Waals surface area (Å²) in [6, 6.07) is 16.9. The molecule has 4 nitrogen and oxygen atoms in total. The zero-order chi connectivity index (χ0) is 19.5. The Hall–Kier alpha value is -2.59. The van der Waals surface area contributed by atoms with Gasteiger partial charge < -0.3 is 9.88 Å². The molecule has 0 radical (unpaired) electrons. The normalized spacial score (nSPS) is 15.8. The predicted octanol–water partition coefficient (Wildman–Crippen LogP) is 4.02. The van der Waals surface area contributed by atoms with Crippen LogP contribution in [0.2, 0.25) is 0 Å². The molecule has 1 fully saturated rings. The van der Waals surface area contributed by atoms with Crippen LogP contribution in [0.3, 0.4) is 0 Å². The van der Waals surface area contributed by atoms with Crippen molar-refractivity contribution in [3.63, 3.8) is 0 Å². The lowest BCUT2D eigenvalue weighted by atomic mass is 9.95. The van der Waals surface area contributed by atoms with Crippen molar-refractivity contribution in [2.24, 2.45) is 13.0 Å². The fourth-order valence-corrected chi connectivity index (χ4v) is 4.19. The number of amides is 1. The van der Waals surface area contributed by atoms with E-state index in [0.29, 0.717) is 6.54 Å². The number of nitrogens with zero attached hydrogens (tertiary/aromatic N) is 2. The number of piperidine rings is 1. The molecule has 28 heavy (non-hydrogen) atoms. The van der Waals surface area contributed by atoms with E-state index >= 15 is 0 Å². The van der Waals surface area contributed by atoms with Gasteiger partial charge in [-0.2, -0.15) is 0 Å². The molecule has 1 N–H and O–H groups in total. The molecule has 3 aromatic rings. The molecule has 2 heterocycles. The molecule has 0 bridgehead atoms. The molecule has 1 saturated heterocycles. The van der Waals surface area contributed by atoms with Gasteiger partial charge in [0.2, 0.25) is 5.91 Å². The van der Waals surface area contributed by atoms with E-state index in [1.807, 2.05) is 0 Å². The van der Waals surface area contributed by atoms with Crippen molar-refractivity contribution in [3.05, 3.63) is 71.4 Å². The maximum atomic E-state index is 12.5. The van der Waals surface area contributed by atoms with Crippen LogP contribution in [0.4, 0.5) is 0 Å². The van der Waals surface area contributed by atoms with Crippen LogP contribution in [0.15, 0.2) is 54.7 Å². The number of rotatable bonds is 5. The maximum absolute atomic E-state index is 12.5. The third kappa shape index (κ3) is 4.12. The Labute approximate surface area is 167 Å². The number of aromatic nitrogens is 1. The van der Waals surface area contributed by atoms with E-state index in [2.05, 4.69) is 83.5 Å². The van der Waals surface area contributed by atoms with E-state index in [1.165, 1.54) is 22.0 Å². The quantitative estimate of drug-likeness (QED) is 0.731. The zero-order valence-corrected chi connectivity index (χ0v) is 16.8. The first-order chi connectivity index (χ1) is 13.6. The van der Waals surface area contributed by atoms with Crippen LogP contribution in [0.25, 0.3) is 10.9 Å². The number of fused-ring (bicyclic) bond motifs is 1. The number of para-hydroxylation sites is 1. The fourth-order valence-electron chi connectivity index (χ4n) is 4.19. The van der Waals surface area contributed by atoms with E-state index in [0.717, 1.165) is 38.0 Å². The molecular formula is C24H29N3O. The second-order valence-corrected chi connectivity index (χ2v) is 8.04.